The fourth-order valence-corrected chi connectivity index (χ4v) is 2.45. The highest BCUT2D eigenvalue weighted by Gasteiger charge is 2.26. The molecule has 0 aliphatic carbocycles. The summed E-state index contributed by atoms with van der Waals surface area (Å²) in [7, 11) is 0. The van der Waals surface area contributed by atoms with Crippen LogP contribution in [0, 0.1) is 5.92 Å². The third-order valence-electron chi connectivity index (χ3n) is 3.74. The lowest BCUT2D eigenvalue weighted by Gasteiger charge is -2.23. The summed E-state index contributed by atoms with van der Waals surface area (Å²) in [6, 6.07) is 7.52. The number of benzene rings is 1. The smallest absolute Gasteiger partial charge is 0.408 e. The van der Waals surface area contributed by atoms with Crippen molar-refractivity contribution in [3.05, 3.63) is 48.0 Å². The van der Waals surface area contributed by atoms with Crippen molar-refractivity contribution in [2.75, 3.05) is 0 Å². The molecule has 0 aliphatic rings. The van der Waals surface area contributed by atoms with Gasteiger partial charge in [-0.05, 0) is 31.2 Å². The second-order valence-corrected chi connectivity index (χ2v) is 7.01. The summed E-state index contributed by atoms with van der Waals surface area (Å²) in [4.78, 5) is 36.2. The van der Waals surface area contributed by atoms with Crippen molar-refractivity contribution in [3.63, 3.8) is 0 Å². The van der Waals surface area contributed by atoms with Crippen LogP contribution in [0.1, 0.15) is 39.2 Å². The normalized spacial score (nSPS) is 12.7. The molecule has 0 fully saturated rings. The zero-order valence-electron chi connectivity index (χ0n) is 16.2. The van der Waals surface area contributed by atoms with Crippen LogP contribution in [0.3, 0.4) is 0 Å². The minimum Gasteiger partial charge on any atom is -0.445 e. The summed E-state index contributed by atoms with van der Waals surface area (Å²) in [5, 5.41) is 5.16. The first-order valence-corrected chi connectivity index (χ1v) is 8.90. The van der Waals surface area contributed by atoms with E-state index in [1.165, 1.54) is 0 Å². The van der Waals surface area contributed by atoms with Gasteiger partial charge in [0.2, 0.25) is 11.8 Å². The fraction of sp³-hybridized carbons (Fsp3) is 0.450. The maximum atomic E-state index is 12.6. The van der Waals surface area contributed by atoms with Crippen molar-refractivity contribution in [1.29, 1.82) is 0 Å². The molecule has 0 aromatic heterocycles. The first-order chi connectivity index (χ1) is 12.7. The van der Waals surface area contributed by atoms with E-state index in [0.717, 1.165) is 11.1 Å². The Morgan fingerprint density at radius 1 is 1.11 bits per heavy atom. The molecule has 7 heteroatoms. The number of carbonyl (C=O) groups is 3. The topological polar surface area (TPSA) is 111 Å². The summed E-state index contributed by atoms with van der Waals surface area (Å²) in [6.07, 6.45) is -0.0613. The van der Waals surface area contributed by atoms with E-state index < -0.39 is 30.0 Å². The maximum Gasteiger partial charge on any atom is 0.408 e. The van der Waals surface area contributed by atoms with Crippen molar-refractivity contribution in [2.45, 2.75) is 52.3 Å². The number of primary amides is 1. The number of ether oxygens (including phenoxy) is 1. The SMILES string of the molecule is C=C(C)C[C@H](NC(=O)[C@H](CC(C)C)NC(=O)OCc1ccccc1)C(N)=O. The molecular weight excluding hydrogens is 346 g/mol. The predicted molar refractivity (Wildman–Crippen MR) is 104 cm³/mol. The molecule has 0 unspecified atom stereocenters. The fourth-order valence-electron chi connectivity index (χ4n) is 2.45. The van der Waals surface area contributed by atoms with Gasteiger partial charge in [0.25, 0.3) is 0 Å². The van der Waals surface area contributed by atoms with Gasteiger partial charge in [0, 0.05) is 0 Å². The van der Waals surface area contributed by atoms with Gasteiger partial charge in [-0.15, -0.1) is 6.58 Å². The minimum atomic E-state index is -0.869. The molecule has 0 aliphatic heterocycles. The zero-order valence-corrected chi connectivity index (χ0v) is 16.2. The summed E-state index contributed by atoms with van der Waals surface area (Å²) in [5.74, 6) is -0.991. The number of hydrogen-bond acceptors (Lipinski definition) is 4. The molecule has 0 bridgehead atoms. The lowest BCUT2D eigenvalue weighted by molar-refractivity contribution is -0.128. The van der Waals surface area contributed by atoms with Crippen LogP contribution < -0.4 is 16.4 Å². The maximum absolute atomic E-state index is 12.6. The average Bonchev–Trinajstić information content (AvgIpc) is 2.58. The van der Waals surface area contributed by atoms with E-state index in [2.05, 4.69) is 17.2 Å². The van der Waals surface area contributed by atoms with Crippen LogP contribution in [0.2, 0.25) is 0 Å². The quantitative estimate of drug-likeness (QED) is 0.545. The van der Waals surface area contributed by atoms with E-state index in [4.69, 9.17) is 10.5 Å². The molecule has 0 saturated heterocycles. The molecule has 0 saturated carbocycles. The van der Waals surface area contributed by atoms with Gasteiger partial charge in [-0.1, -0.05) is 49.8 Å². The van der Waals surface area contributed by atoms with E-state index in [1.807, 2.05) is 44.2 Å². The van der Waals surface area contributed by atoms with Crippen LogP contribution in [-0.4, -0.2) is 30.0 Å². The number of nitrogens with two attached hydrogens (primary N) is 1. The van der Waals surface area contributed by atoms with Crippen molar-refractivity contribution in [3.8, 4) is 0 Å². The van der Waals surface area contributed by atoms with Crippen molar-refractivity contribution >= 4 is 17.9 Å². The molecule has 148 valence electrons. The highest BCUT2D eigenvalue weighted by molar-refractivity contribution is 5.90. The van der Waals surface area contributed by atoms with Crippen molar-refractivity contribution in [1.82, 2.24) is 10.6 Å². The van der Waals surface area contributed by atoms with Crippen LogP contribution in [0.15, 0.2) is 42.5 Å². The van der Waals surface area contributed by atoms with Gasteiger partial charge in [-0.2, -0.15) is 0 Å². The standard InChI is InChI=1S/C20H29N3O4/c1-13(2)10-16(18(21)24)22-19(25)17(11-14(3)4)23-20(26)27-12-15-8-6-5-7-9-15/h5-9,14,16-17H,1,10-12H2,2-4H3,(H2,21,24)(H,22,25)(H,23,26)/t16-,17-/m0/s1. The monoisotopic (exact) mass is 375 g/mol. The summed E-state index contributed by atoms with van der Waals surface area (Å²) < 4.78 is 5.17. The zero-order chi connectivity index (χ0) is 20.4. The third kappa shape index (κ3) is 8.89. The molecule has 0 spiro atoms. The Balaban J connectivity index is 2.69. The van der Waals surface area contributed by atoms with Crippen LogP contribution in [0.4, 0.5) is 4.79 Å². The number of alkyl carbamates (subject to hydrolysis) is 1. The minimum absolute atomic E-state index is 0.0995. The van der Waals surface area contributed by atoms with E-state index >= 15 is 0 Å². The van der Waals surface area contributed by atoms with Crippen LogP contribution in [-0.2, 0) is 20.9 Å². The Morgan fingerprint density at radius 2 is 1.74 bits per heavy atom. The van der Waals surface area contributed by atoms with E-state index in [-0.39, 0.29) is 18.9 Å². The highest BCUT2D eigenvalue weighted by Crippen LogP contribution is 2.08. The molecule has 1 aromatic carbocycles. The van der Waals surface area contributed by atoms with Gasteiger partial charge >= 0.3 is 6.09 Å². The first-order valence-electron chi connectivity index (χ1n) is 8.90. The molecule has 27 heavy (non-hydrogen) atoms. The molecule has 4 N–H and O–H groups in total. The van der Waals surface area contributed by atoms with Crippen LogP contribution >= 0.6 is 0 Å². The Morgan fingerprint density at radius 3 is 2.26 bits per heavy atom. The van der Waals surface area contributed by atoms with Gasteiger partial charge in [-0.3, -0.25) is 9.59 Å². The third-order valence-corrected chi connectivity index (χ3v) is 3.74. The summed E-state index contributed by atoms with van der Waals surface area (Å²) >= 11 is 0. The first kappa shape index (κ1) is 22.2. The Kier molecular flexibility index (Phi) is 9.05. The number of amides is 3. The van der Waals surface area contributed by atoms with E-state index in [9.17, 15) is 14.4 Å². The number of carbonyl (C=O) groups excluding carboxylic acids is 3. The van der Waals surface area contributed by atoms with Gasteiger partial charge in [0.05, 0.1) is 0 Å². The summed E-state index contributed by atoms with van der Waals surface area (Å²) in [5.41, 5.74) is 6.90. The predicted octanol–water partition coefficient (Wildman–Crippen LogP) is 2.26. The van der Waals surface area contributed by atoms with Gasteiger partial charge in [0.1, 0.15) is 18.7 Å². The van der Waals surface area contributed by atoms with Gasteiger partial charge in [0.15, 0.2) is 0 Å². The lowest BCUT2D eigenvalue weighted by atomic mass is 10.0. The van der Waals surface area contributed by atoms with Crippen molar-refractivity contribution < 1.29 is 19.1 Å². The highest BCUT2D eigenvalue weighted by atomic mass is 16.5. The Labute approximate surface area is 160 Å². The van der Waals surface area contributed by atoms with Crippen molar-refractivity contribution in [2.24, 2.45) is 11.7 Å². The van der Waals surface area contributed by atoms with Gasteiger partial charge < -0.3 is 21.1 Å². The number of nitrogens with one attached hydrogen (secondary N) is 2. The molecule has 3 amide bonds. The van der Waals surface area contributed by atoms with E-state index in [1.54, 1.807) is 6.92 Å². The van der Waals surface area contributed by atoms with Crippen LogP contribution in [0.25, 0.3) is 0 Å². The largest absolute Gasteiger partial charge is 0.445 e. The Bertz CT molecular complexity index is 658. The number of rotatable bonds is 10. The second kappa shape index (κ2) is 11.0. The van der Waals surface area contributed by atoms with E-state index in [0.29, 0.717) is 6.42 Å². The molecule has 1 aromatic rings. The lowest BCUT2D eigenvalue weighted by Crippen LogP contribution is -2.53. The number of hydrogen-bond donors (Lipinski definition) is 3. The molecule has 7 nitrogen and oxygen atoms in total. The Hall–Kier alpha value is -2.83. The van der Waals surface area contributed by atoms with Gasteiger partial charge in [-0.25, -0.2) is 4.79 Å². The second-order valence-electron chi connectivity index (χ2n) is 7.01. The molecular formula is C20H29N3O4. The molecule has 0 heterocycles. The molecule has 1 rings (SSSR count). The average molecular weight is 375 g/mol. The molecule has 2 atom stereocenters. The van der Waals surface area contributed by atoms with Crippen LogP contribution in [0.5, 0.6) is 0 Å². The summed E-state index contributed by atoms with van der Waals surface area (Å²) in [6.45, 7) is 9.43. The molecule has 0 radical (unpaired) electrons.